The van der Waals surface area contributed by atoms with Crippen LogP contribution in [-0.4, -0.2) is 28.9 Å². The number of carbonyl (C=O) groups excluding carboxylic acids is 1. The zero-order valence-electron chi connectivity index (χ0n) is 17.3. The zero-order valence-corrected chi connectivity index (χ0v) is 17.3. The standard InChI is InChI=1S/C23H25N3O4/c1-4-26-23(28)17-8-6-5-7-16(17)21(25-26)22(27)24-20(14(2)3)15-9-10-18-19(13-15)30-12-11-29-18/h5-10,13-14,20H,4,11-12H2,1-3H3,(H,24,27)/t20-/m0/s1. The van der Waals surface area contributed by atoms with Gasteiger partial charge >= 0.3 is 0 Å². The number of nitrogens with one attached hydrogen (secondary N) is 1. The van der Waals surface area contributed by atoms with Gasteiger partial charge < -0.3 is 14.8 Å². The Morgan fingerprint density at radius 2 is 1.80 bits per heavy atom. The Balaban J connectivity index is 1.71. The van der Waals surface area contributed by atoms with Crippen molar-refractivity contribution in [2.45, 2.75) is 33.4 Å². The maximum absolute atomic E-state index is 13.3. The van der Waals surface area contributed by atoms with E-state index in [9.17, 15) is 9.59 Å². The van der Waals surface area contributed by atoms with E-state index in [0.29, 0.717) is 42.0 Å². The van der Waals surface area contributed by atoms with Crippen LogP contribution in [0.3, 0.4) is 0 Å². The van der Waals surface area contributed by atoms with Gasteiger partial charge in [0.2, 0.25) is 0 Å². The van der Waals surface area contributed by atoms with Crippen LogP contribution < -0.4 is 20.3 Å². The molecule has 1 N–H and O–H groups in total. The Hall–Kier alpha value is -3.35. The van der Waals surface area contributed by atoms with Crippen LogP contribution in [0.15, 0.2) is 47.3 Å². The topological polar surface area (TPSA) is 82.5 Å². The number of hydrogen-bond acceptors (Lipinski definition) is 5. The van der Waals surface area contributed by atoms with Crippen molar-refractivity contribution in [3.05, 3.63) is 64.1 Å². The van der Waals surface area contributed by atoms with Crippen molar-refractivity contribution in [3.8, 4) is 11.5 Å². The van der Waals surface area contributed by atoms with E-state index in [2.05, 4.69) is 10.4 Å². The molecule has 0 spiro atoms. The summed E-state index contributed by atoms with van der Waals surface area (Å²) in [4.78, 5) is 25.8. The van der Waals surface area contributed by atoms with Crippen molar-refractivity contribution in [3.63, 3.8) is 0 Å². The molecular weight excluding hydrogens is 382 g/mol. The summed E-state index contributed by atoms with van der Waals surface area (Å²) in [5, 5.41) is 8.48. The molecule has 1 aliphatic rings. The number of hydrogen-bond donors (Lipinski definition) is 1. The number of ether oxygens (including phenoxy) is 2. The van der Waals surface area contributed by atoms with Crippen molar-refractivity contribution in [2.75, 3.05) is 13.2 Å². The van der Waals surface area contributed by atoms with Crippen molar-refractivity contribution >= 4 is 16.7 Å². The zero-order chi connectivity index (χ0) is 21.3. The molecule has 1 atom stereocenters. The second-order valence-corrected chi connectivity index (χ2v) is 7.61. The fraction of sp³-hybridized carbons (Fsp3) is 0.348. The van der Waals surface area contributed by atoms with E-state index in [-0.39, 0.29) is 29.1 Å². The monoisotopic (exact) mass is 407 g/mol. The minimum Gasteiger partial charge on any atom is -0.486 e. The van der Waals surface area contributed by atoms with Gasteiger partial charge in [0.25, 0.3) is 11.5 Å². The molecule has 1 amide bonds. The maximum atomic E-state index is 13.3. The van der Waals surface area contributed by atoms with Gasteiger partial charge in [-0.3, -0.25) is 9.59 Å². The van der Waals surface area contributed by atoms with Crippen LogP contribution in [-0.2, 0) is 6.54 Å². The van der Waals surface area contributed by atoms with Crippen LogP contribution in [0.4, 0.5) is 0 Å². The van der Waals surface area contributed by atoms with Crippen LogP contribution in [0, 0.1) is 5.92 Å². The first kappa shape index (κ1) is 19.9. The highest BCUT2D eigenvalue weighted by Gasteiger charge is 2.24. The van der Waals surface area contributed by atoms with Gasteiger partial charge in [-0.2, -0.15) is 5.10 Å². The van der Waals surface area contributed by atoms with E-state index >= 15 is 0 Å². The molecule has 0 aliphatic carbocycles. The summed E-state index contributed by atoms with van der Waals surface area (Å²) in [6.07, 6.45) is 0. The van der Waals surface area contributed by atoms with E-state index in [1.54, 1.807) is 24.3 Å². The van der Waals surface area contributed by atoms with E-state index < -0.39 is 0 Å². The van der Waals surface area contributed by atoms with Gasteiger partial charge in [0, 0.05) is 11.9 Å². The van der Waals surface area contributed by atoms with Gasteiger partial charge in [-0.25, -0.2) is 4.68 Å². The third-order valence-corrected chi connectivity index (χ3v) is 5.26. The second kappa shape index (κ2) is 8.18. The minimum atomic E-state index is -0.318. The Labute approximate surface area is 174 Å². The quantitative estimate of drug-likeness (QED) is 0.702. The molecule has 7 heteroatoms. The molecule has 1 aromatic heterocycles. The van der Waals surface area contributed by atoms with Crippen LogP contribution >= 0.6 is 0 Å². The molecule has 30 heavy (non-hydrogen) atoms. The van der Waals surface area contributed by atoms with Crippen molar-refractivity contribution < 1.29 is 14.3 Å². The first-order valence-electron chi connectivity index (χ1n) is 10.2. The Bertz CT molecular complexity index is 1150. The molecule has 0 saturated carbocycles. The first-order chi connectivity index (χ1) is 14.5. The van der Waals surface area contributed by atoms with Gasteiger partial charge in [0.05, 0.1) is 11.4 Å². The van der Waals surface area contributed by atoms with Crippen molar-refractivity contribution in [1.29, 1.82) is 0 Å². The number of nitrogens with zero attached hydrogens (tertiary/aromatic N) is 2. The summed E-state index contributed by atoms with van der Waals surface area (Å²) in [6, 6.07) is 12.5. The highest BCUT2D eigenvalue weighted by atomic mass is 16.6. The van der Waals surface area contributed by atoms with Crippen LogP contribution in [0.2, 0.25) is 0 Å². The number of carbonyl (C=O) groups is 1. The SMILES string of the molecule is CCn1nc(C(=O)N[C@H](c2ccc3c(c2)OCCO3)C(C)C)c2ccccc2c1=O. The lowest BCUT2D eigenvalue weighted by molar-refractivity contribution is 0.0919. The molecular formula is C23H25N3O4. The molecule has 2 aromatic carbocycles. The highest BCUT2D eigenvalue weighted by Crippen LogP contribution is 2.34. The molecule has 4 rings (SSSR count). The fourth-order valence-corrected chi connectivity index (χ4v) is 3.72. The number of rotatable bonds is 5. The van der Waals surface area contributed by atoms with E-state index in [1.165, 1.54) is 4.68 Å². The van der Waals surface area contributed by atoms with Crippen molar-refractivity contribution in [2.24, 2.45) is 5.92 Å². The molecule has 0 bridgehead atoms. The summed E-state index contributed by atoms with van der Waals surface area (Å²) in [6.45, 7) is 7.34. The third kappa shape index (κ3) is 3.63. The smallest absolute Gasteiger partial charge is 0.274 e. The number of benzene rings is 2. The molecule has 0 radical (unpaired) electrons. The van der Waals surface area contributed by atoms with Crippen LogP contribution in [0.1, 0.15) is 42.9 Å². The Kier molecular flexibility index (Phi) is 5.44. The highest BCUT2D eigenvalue weighted by molar-refractivity contribution is 6.04. The lowest BCUT2D eigenvalue weighted by Crippen LogP contribution is -2.34. The number of aryl methyl sites for hydroxylation is 1. The predicted octanol–water partition coefficient (Wildman–Crippen LogP) is 3.31. The summed E-state index contributed by atoms with van der Waals surface area (Å²) in [5.41, 5.74) is 0.975. The molecule has 1 aliphatic heterocycles. The second-order valence-electron chi connectivity index (χ2n) is 7.61. The lowest BCUT2D eigenvalue weighted by Gasteiger charge is -2.25. The summed E-state index contributed by atoms with van der Waals surface area (Å²) >= 11 is 0. The van der Waals surface area contributed by atoms with E-state index in [0.717, 1.165) is 5.56 Å². The molecule has 0 unspecified atom stereocenters. The molecule has 156 valence electrons. The normalized spacial score (nSPS) is 14.0. The molecule has 0 fully saturated rings. The average molecular weight is 407 g/mol. The van der Waals surface area contributed by atoms with E-state index in [1.807, 2.05) is 39.0 Å². The molecule has 0 saturated heterocycles. The largest absolute Gasteiger partial charge is 0.486 e. The summed E-state index contributed by atoms with van der Waals surface area (Å²) in [7, 11) is 0. The molecule has 2 heterocycles. The number of amides is 1. The van der Waals surface area contributed by atoms with Gasteiger partial charge in [0.1, 0.15) is 13.2 Å². The summed E-state index contributed by atoms with van der Waals surface area (Å²) < 4.78 is 12.6. The van der Waals surface area contributed by atoms with Crippen molar-refractivity contribution in [1.82, 2.24) is 15.1 Å². The molecule has 3 aromatic rings. The maximum Gasteiger partial charge on any atom is 0.274 e. The van der Waals surface area contributed by atoms with Gasteiger partial charge in [0.15, 0.2) is 17.2 Å². The Morgan fingerprint density at radius 1 is 1.10 bits per heavy atom. The fourth-order valence-electron chi connectivity index (χ4n) is 3.72. The average Bonchev–Trinajstić information content (AvgIpc) is 2.77. The summed E-state index contributed by atoms with van der Waals surface area (Å²) in [5.74, 6) is 1.20. The number of fused-ring (bicyclic) bond motifs is 2. The first-order valence-corrected chi connectivity index (χ1v) is 10.2. The predicted molar refractivity (Wildman–Crippen MR) is 114 cm³/mol. The van der Waals surface area contributed by atoms with Gasteiger partial charge in [-0.1, -0.05) is 38.1 Å². The minimum absolute atomic E-state index is 0.125. The van der Waals surface area contributed by atoms with Gasteiger partial charge in [-0.15, -0.1) is 0 Å². The van der Waals surface area contributed by atoms with E-state index in [4.69, 9.17) is 9.47 Å². The van der Waals surface area contributed by atoms with Crippen LogP contribution in [0.25, 0.3) is 10.8 Å². The van der Waals surface area contributed by atoms with Gasteiger partial charge in [-0.05, 0) is 36.6 Å². The third-order valence-electron chi connectivity index (χ3n) is 5.26. The Morgan fingerprint density at radius 3 is 2.50 bits per heavy atom. The number of aromatic nitrogens is 2. The lowest BCUT2D eigenvalue weighted by atomic mass is 9.95. The molecule has 7 nitrogen and oxygen atoms in total. The van der Waals surface area contributed by atoms with Crippen LogP contribution in [0.5, 0.6) is 11.5 Å².